The van der Waals surface area contributed by atoms with Crippen LogP contribution in [0.2, 0.25) is 0 Å². The molecule has 0 nitrogen and oxygen atoms in total. The van der Waals surface area contributed by atoms with Crippen molar-refractivity contribution in [2.45, 2.75) is 50.3 Å². The summed E-state index contributed by atoms with van der Waals surface area (Å²) in [4.78, 5) is 0. The second-order valence-corrected chi connectivity index (χ2v) is 34.9. The molecular formula is C36H44Br2P2. The van der Waals surface area contributed by atoms with Gasteiger partial charge in [0.2, 0.25) is 0 Å². The van der Waals surface area contributed by atoms with Gasteiger partial charge in [-0.1, -0.05) is 0 Å². The summed E-state index contributed by atoms with van der Waals surface area (Å²) in [5.41, 5.74) is 5.99. The molecule has 0 N–H and O–H groups in total. The van der Waals surface area contributed by atoms with E-state index in [1.54, 1.807) is 0 Å². The first kappa shape index (κ1) is 30.2. The van der Waals surface area contributed by atoms with Crippen molar-refractivity contribution in [1.82, 2.24) is 0 Å². The van der Waals surface area contributed by atoms with Crippen molar-refractivity contribution < 1.29 is 0 Å². The SMILES string of the molecule is BrP1(Cc2ccccc2)(Cc2ccccc2)CCCCP(Br)(Cc2ccccc2)(Cc2ccccc2)CCCC1. The molecule has 0 radical (unpaired) electrons. The van der Waals surface area contributed by atoms with E-state index in [-0.39, 0.29) is 0 Å². The Kier molecular flexibility index (Phi) is 9.74. The molecule has 0 amide bonds. The summed E-state index contributed by atoms with van der Waals surface area (Å²) >= 11 is 9.40. The van der Waals surface area contributed by atoms with E-state index in [9.17, 15) is 0 Å². The van der Waals surface area contributed by atoms with Gasteiger partial charge in [-0.3, -0.25) is 0 Å². The van der Waals surface area contributed by atoms with Gasteiger partial charge in [-0.25, -0.2) is 0 Å². The van der Waals surface area contributed by atoms with E-state index in [0.29, 0.717) is 0 Å². The van der Waals surface area contributed by atoms with Crippen molar-refractivity contribution in [1.29, 1.82) is 0 Å². The van der Waals surface area contributed by atoms with Crippen LogP contribution in [0.3, 0.4) is 0 Å². The van der Waals surface area contributed by atoms with Gasteiger partial charge in [0.05, 0.1) is 0 Å². The molecule has 0 aromatic heterocycles. The molecule has 1 saturated heterocycles. The summed E-state index contributed by atoms with van der Waals surface area (Å²) in [5, 5.41) is -4.43. The van der Waals surface area contributed by atoms with Crippen molar-refractivity contribution in [3.8, 4) is 0 Å². The first-order valence-electron chi connectivity index (χ1n) is 14.9. The molecule has 4 aromatic rings. The van der Waals surface area contributed by atoms with Gasteiger partial charge in [0.1, 0.15) is 0 Å². The first-order chi connectivity index (χ1) is 19.3. The molecule has 4 heteroatoms. The molecule has 0 aliphatic carbocycles. The quantitative estimate of drug-likeness (QED) is 0.161. The summed E-state index contributed by atoms with van der Waals surface area (Å²) in [5.74, 6) is 0. The van der Waals surface area contributed by atoms with E-state index in [1.165, 1.54) is 97.2 Å². The normalized spacial score (nSPS) is 21.9. The zero-order valence-electron chi connectivity index (χ0n) is 23.7. The zero-order chi connectivity index (χ0) is 27.8. The van der Waals surface area contributed by atoms with Crippen LogP contribution in [-0.2, 0) is 24.6 Å². The average molecular weight is 699 g/mol. The third-order valence-electron chi connectivity index (χ3n) is 9.05. The van der Waals surface area contributed by atoms with E-state index in [2.05, 4.69) is 121 Å². The fourth-order valence-corrected chi connectivity index (χ4v) is 24.1. The molecule has 1 heterocycles. The molecule has 5 rings (SSSR count). The van der Waals surface area contributed by atoms with E-state index >= 15 is 0 Å². The van der Waals surface area contributed by atoms with Crippen LogP contribution in [0, 0.1) is 0 Å². The van der Waals surface area contributed by atoms with Gasteiger partial charge in [-0.2, -0.15) is 0 Å². The fourth-order valence-electron chi connectivity index (χ4n) is 7.15. The Bertz CT molecular complexity index is 1130. The molecular weight excluding hydrogens is 654 g/mol. The summed E-state index contributed by atoms with van der Waals surface area (Å²) in [7, 11) is 0. The van der Waals surface area contributed by atoms with Crippen molar-refractivity contribution in [2.75, 3.05) is 24.6 Å². The van der Waals surface area contributed by atoms with Gasteiger partial charge >= 0.3 is 260 Å². The van der Waals surface area contributed by atoms with Gasteiger partial charge in [-0.05, 0) is 0 Å². The Labute approximate surface area is 258 Å². The average Bonchev–Trinajstić information content (AvgIpc) is 2.96. The first-order valence-corrected chi connectivity index (χ1v) is 24.9. The monoisotopic (exact) mass is 696 g/mol. The second-order valence-electron chi connectivity index (χ2n) is 12.5. The molecule has 0 atom stereocenters. The maximum absolute atomic E-state index is 4.70. The molecule has 1 fully saturated rings. The van der Waals surface area contributed by atoms with E-state index < -0.39 is 10.6 Å². The number of benzene rings is 4. The Morgan fingerprint density at radius 1 is 0.350 bits per heavy atom. The van der Waals surface area contributed by atoms with Crippen LogP contribution in [0.5, 0.6) is 0 Å². The topological polar surface area (TPSA) is 0 Å². The van der Waals surface area contributed by atoms with Gasteiger partial charge in [0, 0.05) is 0 Å². The zero-order valence-corrected chi connectivity index (χ0v) is 28.6. The number of rotatable bonds is 8. The van der Waals surface area contributed by atoms with Gasteiger partial charge in [-0.15, -0.1) is 0 Å². The molecule has 1 aliphatic rings. The van der Waals surface area contributed by atoms with Crippen LogP contribution < -0.4 is 0 Å². The Hall–Kier alpha value is -1.30. The van der Waals surface area contributed by atoms with Crippen LogP contribution in [0.1, 0.15) is 47.9 Å². The molecule has 0 bridgehead atoms. The van der Waals surface area contributed by atoms with E-state index in [4.69, 9.17) is 31.0 Å². The summed E-state index contributed by atoms with van der Waals surface area (Å²) < 4.78 is 0. The predicted octanol–water partition coefficient (Wildman–Crippen LogP) is 12.1. The third-order valence-corrected chi connectivity index (χ3v) is 26.7. The second kappa shape index (κ2) is 12.9. The number of hydrogen-bond donors (Lipinski definition) is 0. The molecule has 0 unspecified atom stereocenters. The summed E-state index contributed by atoms with van der Waals surface area (Å²) in [6.45, 7) is 0. The molecule has 4 aromatic carbocycles. The van der Waals surface area contributed by atoms with E-state index in [0.717, 1.165) is 0 Å². The molecule has 1 aliphatic heterocycles. The minimum absolute atomic E-state index is 1.20. The van der Waals surface area contributed by atoms with Gasteiger partial charge in [0.25, 0.3) is 0 Å². The molecule has 0 spiro atoms. The standard InChI is InChI=1S/C36H44Br2P2/c37-39(29-33-17-5-1-6-18-33,30-34-19-7-2-8-20-34)25-13-15-27-40(38,28-16-14-26-39,31-35-21-9-3-10-22-35)32-36-23-11-4-12-24-36/h1-12,17-24H,13-16,25-32H2. The van der Waals surface area contributed by atoms with Crippen molar-refractivity contribution in [3.63, 3.8) is 0 Å². The number of hydrogen-bond acceptors (Lipinski definition) is 0. The van der Waals surface area contributed by atoms with Crippen LogP contribution in [-0.4, -0.2) is 24.6 Å². The van der Waals surface area contributed by atoms with Crippen LogP contribution in [0.4, 0.5) is 0 Å². The number of halogens is 2. The van der Waals surface area contributed by atoms with E-state index in [1.807, 2.05) is 0 Å². The Morgan fingerprint density at radius 2 is 0.550 bits per heavy atom. The van der Waals surface area contributed by atoms with Crippen LogP contribution in [0.15, 0.2) is 121 Å². The van der Waals surface area contributed by atoms with Crippen LogP contribution in [0.25, 0.3) is 0 Å². The van der Waals surface area contributed by atoms with Crippen molar-refractivity contribution in [2.24, 2.45) is 0 Å². The molecule has 40 heavy (non-hydrogen) atoms. The molecule has 0 saturated carbocycles. The summed E-state index contributed by atoms with van der Waals surface area (Å²) in [6, 6.07) is 45.2. The van der Waals surface area contributed by atoms with Crippen molar-refractivity contribution in [3.05, 3.63) is 144 Å². The maximum atomic E-state index is 4.70. The van der Waals surface area contributed by atoms with Crippen molar-refractivity contribution >= 4 is 41.6 Å². The molecule has 212 valence electrons. The minimum atomic E-state index is -2.21. The van der Waals surface area contributed by atoms with Crippen LogP contribution >= 0.6 is 41.6 Å². The van der Waals surface area contributed by atoms with Gasteiger partial charge in [0.15, 0.2) is 0 Å². The Balaban J connectivity index is 1.44. The van der Waals surface area contributed by atoms with Gasteiger partial charge < -0.3 is 0 Å². The third kappa shape index (κ3) is 7.95. The summed E-state index contributed by atoms with van der Waals surface area (Å²) in [6.07, 6.45) is 15.3. The predicted molar refractivity (Wildman–Crippen MR) is 190 cm³/mol. The fraction of sp³-hybridized carbons (Fsp3) is 0.333. The Morgan fingerprint density at radius 3 is 0.750 bits per heavy atom.